The Kier molecular flexibility index (Phi) is 45.6. The van der Waals surface area contributed by atoms with E-state index in [0.717, 1.165) is 11.5 Å². The lowest BCUT2D eigenvalue weighted by molar-refractivity contribution is -0.131. The van der Waals surface area contributed by atoms with Crippen LogP contribution in [0, 0.1) is 0 Å². The van der Waals surface area contributed by atoms with E-state index in [1.54, 1.807) is 47.2 Å². The van der Waals surface area contributed by atoms with Crippen molar-refractivity contribution in [2.24, 2.45) is 5.73 Å². The average Bonchev–Trinajstić information content (AvgIpc) is 3.23. The summed E-state index contributed by atoms with van der Waals surface area (Å²) in [5, 5.41) is 42.9. The van der Waals surface area contributed by atoms with Crippen LogP contribution < -0.4 is 26.4 Å². The molecule has 0 aliphatic carbocycles. The lowest BCUT2D eigenvalue weighted by Gasteiger charge is -2.22. The summed E-state index contributed by atoms with van der Waals surface area (Å²) in [7, 11) is 0. The van der Waals surface area contributed by atoms with Gasteiger partial charge in [-0.1, -0.05) is 40.5 Å². The molecule has 0 saturated heterocycles. The van der Waals surface area contributed by atoms with Gasteiger partial charge in [0.1, 0.15) is 12.2 Å². The topological polar surface area (TPSA) is 282 Å². The maximum absolute atomic E-state index is 12.0. The van der Waals surface area contributed by atoms with Gasteiger partial charge in [-0.3, -0.25) is 28.8 Å². The fraction of sp³-hybridized carbons (Fsp3) is 0.833. The van der Waals surface area contributed by atoms with E-state index < -0.39 is 12.2 Å². The van der Waals surface area contributed by atoms with Gasteiger partial charge in [0.2, 0.25) is 35.4 Å². The van der Waals surface area contributed by atoms with Crippen LogP contribution in [0.1, 0.15) is 66.2 Å². The van der Waals surface area contributed by atoms with Crippen molar-refractivity contribution < 1.29 is 58.7 Å². The van der Waals surface area contributed by atoms with Crippen LogP contribution in [0.5, 0.6) is 0 Å². The Bertz CT molecular complexity index is 1070. The minimum atomic E-state index is -0.894. The highest BCUT2D eigenvalue weighted by Crippen LogP contribution is 2.06. The van der Waals surface area contributed by atoms with Gasteiger partial charge in [0.25, 0.3) is 0 Å². The third-order valence-electron chi connectivity index (χ3n) is 7.32. The van der Waals surface area contributed by atoms with Crippen LogP contribution >= 0.6 is 36.3 Å². The zero-order valence-corrected chi connectivity index (χ0v) is 37.4. The van der Waals surface area contributed by atoms with Gasteiger partial charge in [-0.2, -0.15) is 23.5 Å². The summed E-state index contributed by atoms with van der Waals surface area (Å²) < 4.78 is 12.2. The number of ether oxygens (including phenoxy) is 2. The van der Waals surface area contributed by atoms with Gasteiger partial charge in [0.05, 0.1) is 39.6 Å². The standard InChI is InChI=1S/C18H35N3O6S.C13H25N3O3S2.C5H13NO3/c1-3-16(24)19-6-8-21(18(26)4-2)9-12-28-11-5-17(25)20-7-10-27-14-15(23)13-22;1-3-11(17)14-6-7-16(13(19)4-2)8-10-21-9-5-12(18)15-20;6-1-2-9-4-5(8)3-7/h15,22-23H,3-14H2,1-2H3,(H,19,24)(H,20,25);20H,3-10H2,1-2H3,(H,14,17)(H,15,18);5,7-8H,1-4,6H2. The fourth-order valence-corrected chi connectivity index (χ4v) is 5.88. The Morgan fingerprint density at radius 1 is 0.603 bits per heavy atom. The molecule has 2 unspecified atom stereocenters. The first-order valence-corrected chi connectivity index (χ1v) is 22.4. The molecule has 0 aromatic carbocycles. The minimum Gasteiger partial charge on any atom is -0.394 e. The van der Waals surface area contributed by atoms with Crippen LogP contribution in [-0.4, -0.2) is 193 Å². The summed E-state index contributed by atoms with van der Waals surface area (Å²) in [6.45, 7) is 11.5. The molecule has 6 amide bonds. The van der Waals surface area contributed by atoms with Crippen molar-refractivity contribution in [2.75, 3.05) is 115 Å². The molecule has 0 aromatic rings. The lowest BCUT2D eigenvalue weighted by atomic mass is 10.3. The SMILES string of the molecule is CCC(=O)NCCN(CCSCCC(=O)NCCOCC(O)CO)C(=O)CC.CCC(=O)NCCN(CCSCCC(=O)NS)C(=O)CC.NCCOCC(O)CO. The highest BCUT2D eigenvalue weighted by Gasteiger charge is 2.13. The van der Waals surface area contributed by atoms with E-state index in [-0.39, 0.29) is 68.5 Å². The zero-order chi connectivity index (χ0) is 44.4. The molecule has 10 N–H and O–H groups in total. The van der Waals surface area contributed by atoms with Gasteiger partial charge >= 0.3 is 0 Å². The molecule has 0 radical (unpaired) electrons. The lowest BCUT2D eigenvalue weighted by Crippen LogP contribution is -2.39. The maximum Gasteiger partial charge on any atom is 0.230 e. The molecule has 58 heavy (non-hydrogen) atoms. The predicted molar refractivity (Wildman–Crippen MR) is 231 cm³/mol. The van der Waals surface area contributed by atoms with E-state index in [2.05, 4.69) is 33.5 Å². The molecule has 0 saturated carbocycles. The van der Waals surface area contributed by atoms with Crippen molar-refractivity contribution in [1.29, 1.82) is 0 Å². The predicted octanol–water partition coefficient (Wildman–Crippen LogP) is -1.49. The molecular formula is C36H73N7O12S3. The molecule has 342 valence electrons. The molecule has 19 nitrogen and oxygen atoms in total. The van der Waals surface area contributed by atoms with E-state index >= 15 is 0 Å². The monoisotopic (exact) mass is 891 g/mol. The van der Waals surface area contributed by atoms with Gasteiger partial charge in [0.15, 0.2) is 0 Å². The van der Waals surface area contributed by atoms with Crippen LogP contribution in [-0.2, 0) is 38.2 Å². The van der Waals surface area contributed by atoms with Crippen LogP contribution in [0.2, 0.25) is 0 Å². The number of amides is 6. The van der Waals surface area contributed by atoms with E-state index in [1.807, 2.05) is 13.8 Å². The molecule has 0 aromatic heterocycles. The van der Waals surface area contributed by atoms with Gasteiger partial charge in [-0.05, 0) is 0 Å². The summed E-state index contributed by atoms with van der Waals surface area (Å²) in [5.41, 5.74) is 5.09. The van der Waals surface area contributed by atoms with Crippen molar-refractivity contribution in [3.05, 3.63) is 0 Å². The first kappa shape index (κ1) is 59.9. The Morgan fingerprint density at radius 2 is 1.02 bits per heavy atom. The van der Waals surface area contributed by atoms with Crippen LogP contribution in [0.4, 0.5) is 0 Å². The van der Waals surface area contributed by atoms with Gasteiger partial charge < -0.3 is 66.1 Å². The summed E-state index contributed by atoms with van der Waals surface area (Å²) in [5.74, 6) is 2.76. The molecule has 2 atom stereocenters. The molecule has 0 fully saturated rings. The number of carbonyl (C=O) groups is 6. The number of hydrogen-bond acceptors (Lipinski definition) is 16. The van der Waals surface area contributed by atoms with Crippen molar-refractivity contribution in [3.8, 4) is 0 Å². The molecule has 22 heteroatoms. The largest absolute Gasteiger partial charge is 0.394 e. The van der Waals surface area contributed by atoms with Crippen LogP contribution in [0.3, 0.4) is 0 Å². The number of carbonyl (C=O) groups excluding carboxylic acids is 6. The number of hydrogen-bond donors (Lipinski definition) is 10. The molecule has 0 rings (SSSR count). The van der Waals surface area contributed by atoms with Crippen LogP contribution in [0.25, 0.3) is 0 Å². The third-order valence-corrected chi connectivity index (χ3v) is 9.49. The van der Waals surface area contributed by atoms with Crippen molar-refractivity contribution >= 4 is 71.8 Å². The zero-order valence-electron chi connectivity index (χ0n) is 34.9. The van der Waals surface area contributed by atoms with Crippen molar-refractivity contribution in [3.63, 3.8) is 0 Å². The van der Waals surface area contributed by atoms with E-state index in [0.29, 0.717) is 109 Å². The average molecular weight is 892 g/mol. The number of nitrogens with zero attached hydrogens (tertiary/aromatic N) is 2. The Morgan fingerprint density at radius 3 is 1.40 bits per heavy atom. The van der Waals surface area contributed by atoms with Gasteiger partial charge in [-0.25, -0.2) is 0 Å². The third kappa shape index (κ3) is 40.4. The second-order valence-electron chi connectivity index (χ2n) is 12.1. The summed E-state index contributed by atoms with van der Waals surface area (Å²) in [6, 6.07) is 0. The van der Waals surface area contributed by atoms with Crippen LogP contribution in [0.15, 0.2) is 0 Å². The fourth-order valence-electron chi connectivity index (χ4n) is 4.00. The summed E-state index contributed by atoms with van der Waals surface area (Å²) >= 11 is 6.90. The van der Waals surface area contributed by atoms with Crippen molar-refractivity contribution in [2.45, 2.75) is 78.4 Å². The number of rotatable bonds is 33. The number of aliphatic hydroxyl groups excluding tert-OH is 4. The Balaban J connectivity index is -0.000000882. The molecule has 0 spiro atoms. The number of nitrogens with one attached hydrogen (secondary N) is 4. The molecule has 0 bridgehead atoms. The number of thioether (sulfide) groups is 2. The Hall–Kier alpha value is -2.41. The molecule has 0 heterocycles. The molecule has 0 aliphatic heterocycles. The van der Waals surface area contributed by atoms with E-state index in [4.69, 9.17) is 35.6 Å². The number of thiol groups is 1. The molecule has 0 aliphatic rings. The first-order chi connectivity index (χ1) is 27.8. The van der Waals surface area contributed by atoms with Gasteiger partial charge in [0, 0.05) is 114 Å². The van der Waals surface area contributed by atoms with E-state index in [9.17, 15) is 28.8 Å². The summed E-state index contributed by atoms with van der Waals surface area (Å²) in [4.78, 5) is 72.4. The quantitative estimate of drug-likeness (QED) is 0.0266. The normalized spacial score (nSPS) is 11.4. The second kappa shape index (κ2) is 44.2. The van der Waals surface area contributed by atoms with E-state index in [1.165, 1.54) is 0 Å². The second-order valence-corrected chi connectivity index (χ2v) is 14.8. The van der Waals surface area contributed by atoms with Gasteiger partial charge in [-0.15, -0.1) is 0 Å². The maximum atomic E-state index is 12.0. The first-order valence-electron chi connectivity index (χ1n) is 19.7. The van der Waals surface area contributed by atoms with Crippen molar-refractivity contribution in [1.82, 2.24) is 30.5 Å². The highest BCUT2D eigenvalue weighted by molar-refractivity contribution is 7.99. The highest BCUT2D eigenvalue weighted by atomic mass is 32.2. The smallest absolute Gasteiger partial charge is 0.230 e. The minimum absolute atomic E-state index is 0.00830. The molecular weight excluding hydrogens is 819 g/mol. The number of aliphatic hydroxyl groups is 4. The Labute approximate surface area is 358 Å². The summed E-state index contributed by atoms with van der Waals surface area (Å²) in [6.07, 6.45) is 0.883. The number of nitrogens with two attached hydrogens (primary N) is 1.